The molecule has 1 heterocycles. The molecule has 1 aromatic carbocycles. The Morgan fingerprint density at radius 2 is 2.09 bits per heavy atom. The van der Waals surface area contributed by atoms with Gasteiger partial charge in [0, 0.05) is 12.3 Å². The van der Waals surface area contributed by atoms with E-state index in [-0.39, 0.29) is 0 Å². The third-order valence-corrected chi connectivity index (χ3v) is 5.02. The van der Waals surface area contributed by atoms with E-state index >= 15 is 0 Å². The maximum atomic E-state index is 5.40. The molecule has 0 radical (unpaired) electrons. The van der Waals surface area contributed by atoms with Gasteiger partial charge in [-0.1, -0.05) is 23.9 Å². The third kappa shape index (κ3) is 3.47. The first-order valence-corrected chi connectivity index (χ1v) is 8.43. The van der Waals surface area contributed by atoms with E-state index in [9.17, 15) is 0 Å². The number of aromatic nitrogens is 3. The van der Waals surface area contributed by atoms with Gasteiger partial charge in [-0.05, 0) is 34.5 Å². The molecule has 7 heteroatoms. The number of rotatable bonds is 7. The van der Waals surface area contributed by atoms with Crippen LogP contribution in [0.2, 0.25) is 0 Å². The number of hydrogen-bond acceptors (Lipinski definition) is 5. The van der Waals surface area contributed by atoms with Crippen LogP contribution in [0.4, 0.5) is 0 Å². The number of hydrogen-bond donors (Lipinski definition) is 0. The zero-order valence-electron chi connectivity index (χ0n) is 12.8. The highest BCUT2D eigenvalue weighted by atomic mass is 79.9. The topological polar surface area (TPSA) is 49.2 Å². The van der Waals surface area contributed by atoms with Crippen LogP contribution in [-0.2, 0) is 12.3 Å². The minimum atomic E-state index is 0.698. The van der Waals surface area contributed by atoms with Crippen LogP contribution in [0.25, 0.3) is 0 Å². The molecule has 0 unspecified atom stereocenters. The van der Waals surface area contributed by atoms with Crippen LogP contribution >= 0.6 is 27.7 Å². The Morgan fingerprint density at radius 1 is 1.32 bits per heavy atom. The number of aryl methyl sites for hydroxylation is 1. The Kier molecular flexibility index (Phi) is 5.90. The minimum absolute atomic E-state index is 0.698. The quantitative estimate of drug-likeness (QED) is 0.536. The van der Waals surface area contributed by atoms with E-state index in [1.807, 2.05) is 29.7 Å². The summed E-state index contributed by atoms with van der Waals surface area (Å²) in [6.45, 7) is 6.41. The van der Waals surface area contributed by atoms with E-state index in [0.29, 0.717) is 18.0 Å². The van der Waals surface area contributed by atoms with Crippen LogP contribution in [0, 0.1) is 6.92 Å². The smallest absolute Gasteiger partial charge is 0.191 e. The molecule has 0 fully saturated rings. The van der Waals surface area contributed by atoms with Crippen molar-refractivity contribution in [1.82, 2.24) is 14.8 Å². The Hall–Kier alpha value is -1.47. The first-order valence-electron chi connectivity index (χ1n) is 6.65. The van der Waals surface area contributed by atoms with E-state index in [1.165, 1.54) is 0 Å². The normalized spacial score (nSPS) is 10.5. The van der Waals surface area contributed by atoms with Crippen LogP contribution in [-0.4, -0.2) is 29.0 Å². The molecule has 0 spiro atoms. The monoisotopic (exact) mass is 383 g/mol. The van der Waals surface area contributed by atoms with E-state index in [4.69, 9.17) is 9.47 Å². The lowest BCUT2D eigenvalue weighted by atomic mass is 10.2. The molecule has 118 valence electrons. The molecule has 0 aliphatic heterocycles. The molecule has 0 aliphatic rings. The van der Waals surface area contributed by atoms with Crippen LogP contribution < -0.4 is 9.47 Å². The zero-order valence-corrected chi connectivity index (χ0v) is 15.2. The van der Waals surface area contributed by atoms with Gasteiger partial charge in [0.15, 0.2) is 16.7 Å². The molecule has 2 rings (SSSR count). The number of thioether (sulfide) groups is 1. The largest absolute Gasteiger partial charge is 0.493 e. The van der Waals surface area contributed by atoms with E-state index in [0.717, 1.165) is 26.8 Å². The van der Waals surface area contributed by atoms with Gasteiger partial charge < -0.3 is 14.0 Å². The second kappa shape index (κ2) is 7.69. The van der Waals surface area contributed by atoms with Crippen LogP contribution in [0.5, 0.6) is 11.5 Å². The standard InChI is InChI=1S/C15H18BrN3O2S/c1-5-8-19-10(2)17-18-15(19)22-9-11-6-7-12(20-3)14(21-4)13(11)16/h5-7H,1,8-9H2,2-4H3. The summed E-state index contributed by atoms with van der Waals surface area (Å²) in [7, 11) is 3.25. The maximum absolute atomic E-state index is 5.40. The van der Waals surface area contributed by atoms with Crippen molar-refractivity contribution in [3.05, 3.63) is 40.6 Å². The Balaban J connectivity index is 2.20. The number of ether oxygens (including phenoxy) is 2. The average Bonchev–Trinajstić information content (AvgIpc) is 2.87. The summed E-state index contributed by atoms with van der Waals surface area (Å²) in [5, 5.41) is 9.21. The van der Waals surface area contributed by atoms with Gasteiger partial charge in [0.2, 0.25) is 0 Å². The molecule has 0 amide bonds. The molecular weight excluding hydrogens is 366 g/mol. The van der Waals surface area contributed by atoms with Crippen molar-refractivity contribution in [2.75, 3.05) is 14.2 Å². The zero-order chi connectivity index (χ0) is 16.1. The van der Waals surface area contributed by atoms with Gasteiger partial charge in [0.05, 0.1) is 18.7 Å². The van der Waals surface area contributed by atoms with Gasteiger partial charge in [-0.25, -0.2) is 0 Å². The summed E-state index contributed by atoms with van der Waals surface area (Å²) >= 11 is 5.21. The molecular formula is C15H18BrN3O2S. The van der Waals surface area contributed by atoms with Crippen molar-refractivity contribution in [1.29, 1.82) is 0 Å². The maximum Gasteiger partial charge on any atom is 0.191 e. The SMILES string of the molecule is C=CCn1c(C)nnc1SCc1ccc(OC)c(OC)c1Br. The van der Waals surface area contributed by atoms with Gasteiger partial charge in [0.25, 0.3) is 0 Å². The van der Waals surface area contributed by atoms with Gasteiger partial charge in [-0.2, -0.15) is 0 Å². The molecule has 0 saturated carbocycles. The van der Waals surface area contributed by atoms with Crippen molar-refractivity contribution in [3.63, 3.8) is 0 Å². The lowest BCUT2D eigenvalue weighted by molar-refractivity contribution is 0.353. The third-order valence-electron chi connectivity index (χ3n) is 3.14. The second-order valence-electron chi connectivity index (χ2n) is 4.49. The second-order valence-corrected chi connectivity index (χ2v) is 6.23. The molecule has 0 aliphatic carbocycles. The van der Waals surface area contributed by atoms with Gasteiger partial charge in [0.1, 0.15) is 5.82 Å². The lowest BCUT2D eigenvalue weighted by Gasteiger charge is -2.13. The van der Waals surface area contributed by atoms with Crippen molar-refractivity contribution in [2.24, 2.45) is 0 Å². The summed E-state index contributed by atoms with van der Waals surface area (Å²) in [5.74, 6) is 3.03. The fourth-order valence-electron chi connectivity index (χ4n) is 1.99. The Bertz CT molecular complexity index is 673. The summed E-state index contributed by atoms with van der Waals surface area (Å²) in [4.78, 5) is 0. The number of halogens is 1. The number of benzene rings is 1. The number of nitrogens with zero attached hydrogens (tertiary/aromatic N) is 3. The molecule has 0 saturated heterocycles. The highest BCUT2D eigenvalue weighted by Gasteiger charge is 2.14. The number of allylic oxidation sites excluding steroid dienone is 1. The van der Waals surface area contributed by atoms with Crippen LogP contribution in [0.15, 0.2) is 34.4 Å². The summed E-state index contributed by atoms with van der Waals surface area (Å²) in [6.07, 6.45) is 1.84. The van der Waals surface area contributed by atoms with E-state index in [2.05, 4.69) is 32.7 Å². The summed E-state index contributed by atoms with van der Waals surface area (Å²) in [6, 6.07) is 3.92. The lowest BCUT2D eigenvalue weighted by Crippen LogP contribution is -2.00. The first kappa shape index (κ1) is 16.9. The van der Waals surface area contributed by atoms with Crippen molar-refractivity contribution in [3.8, 4) is 11.5 Å². The molecule has 22 heavy (non-hydrogen) atoms. The first-order chi connectivity index (χ1) is 10.6. The molecule has 0 N–H and O–H groups in total. The summed E-state index contributed by atoms with van der Waals surface area (Å²) < 4.78 is 13.6. The van der Waals surface area contributed by atoms with Gasteiger partial charge >= 0.3 is 0 Å². The predicted molar refractivity (Wildman–Crippen MR) is 91.8 cm³/mol. The predicted octanol–water partition coefficient (Wildman–Crippen LogP) is 3.84. The molecule has 0 bridgehead atoms. The van der Waals surface area contributed by atoms with E-state index in [1.54, 1.807) is 26.0 Å². The van der Waals surface area contributed by atoms with Gasteiger partial charge in [-0.3, -0.25) is 0 Å². The minimum Gasteiger partial charge on any atom is -0.493 e. The number of methoxy groups -OCH3 is 2. The molecule has 2 aromatic rings. The molecule has 0 atom stereocenters. The van der Waals surface area contributed by atoms with Gasteiger partial charge in [-0.15, -0.1) is 16.8 Å². The summed E-state index contributed by atoms with van der Waals surface area (Å²) in [5.41, 5.74) is 1.11. The van der Waals surface area contributed by atoms with E-state index < -0.39 is 0 Å². The highest BCUT2D eigenvalue weighted by molar-refractivity contribution is 9.10. The average molecular weight is 384 g/mol. The fourth-order valence-corrected chi connectivity index (χ4v) is 3.79. The van der Waals surface area contributed by atoms with Crippen molar-refractivity contribution >= 4 is 27.7 Å². The Labute approximate surface area is 142 Å². The van der Waals surface area contributed by atoms with Crippen LogP contribution in [0.1, 0.15) is 11.4 Å². The van der Waals surface area contributed by atoms with Crippen LogP contribution in [0.3, 0.4) is 0 Å². The molecule has 5 nitrogen and oxygen atoms in total. The van der Waals surface area contributed by atoms with Crippen molar-refractivity contribution < 1.29 is 9.47 Å². The molecule has 1 aromatic heterocycles. The fraction of sp³-hybridized carbons (Fsp3) is 0.333. The van der Waals surface area contributed by atoms with Crippen molar-refractivity contribution in [2.45, 2.75) is 24.4 Å². The Morgan fingerprint density at radius 3 is 2.73 bits per heavy atom. The highest BCUT2D eigenvalue weighted by Crippen LogP contribution is 2.39.